The lowest BCUT2D eigenvalue weighted by Crippen LogP contribution is -2.26. The summed E-state index contributed by atoms with van der Waals surface area (Å²) in [5.41, 5.74) is 8.39. The van der Waals surface area contributed by atoms with Crippen LogP contribution in [0.1, 0.15) is 10.6 Å². The van der Waals surface area contributed by atoms with E-state index in [9.17, 15) is 0 Å². The highest BCUT2D eigenvalue weighted by molar-refractivity contribution is 7.09. The summed E-state index contributed by atoms with van der Waals surface area (Å²) in [5, 5.41) is 8.68. The molecule has 0 spiro atoms. The number of aryl methyl sites for hydroxylation is 1. The number of rotatable bonds is 3. The summed E-state index contributed by atoms with van der Waals surface area (Å²) in [6.07, 6.45) is 0.729. The van der Waals surface area contributed by atoms with Crippen molar-refractivity contribution in [2.24, 2.45) is 5.73 Å². The Labute approximate surface area is 82.0 Å². The summed E-state index contributed by atoms with van der Waals surface area (Å²) in [7, 11) is 0. The standard InChI is InChI=1S/C7H12N2OS.ClH/c1-5-7(11-4-9-5)2-6(8)3-10;/h4,6,10H,2-3,8H2,1H3;1H. The molecule has 0 aliphatic rings. The van der Waals surface area contributed by atoms with E-state index in [1.54, 1.807) is 16.8 Å². The van der Waals surface area contributed by atoms with E-state index in [4.69, 9.17) is 10.8 Å². The highest BCUT2D eigenvalue weighted by Crippen LogP contribution is 2.13. The first-order chi connectivity index (χ1) is 5.24. The van der Waals surface area contributed by atoms with E-state index in [0.29, 0.717) is 0 Å². The van der Waals surface area contributed by atoms with Crippen LogP contribution in [-0.2, 0) is 6.42 Å². The Bertz CT molecular complexity index is 229. The Morgan fingerprint density at radius 3 is 2.83 bits per heavy atom. The Balaban J connectivity index is 0.00000121. The second-order valence-corrected chi connectivity index (χ2v) is 3.45. The van der Waals surface area contributed by atoms with Crippen molar-refractivity contribution in [3.63, 3.8) is 0 Å². The quantitative estimate of drug-likeness (QED) is 0.770. The van der Waals surface area contributed by atoms with Crippen LogP contribution in [0, 0.1) is 6.92 Å². The minimum absolute atomic E-state index is 0. The fourth-order valence-corrected chi connectivity index (χ4v) is 1.70. The SMILES string of the molecule is Cc1ncsc1CC(N)CO.Cl. The minimum atomic E-state index is -0.144. The van der Waals surface area contributed by atoms with Crippen LogP contribution in [0.3, 0.4) is 0 Å². The molecule has 1 aromatic heterocycles. The number of nitrogens with zero attached hydrogens (tertiary/aromatic N) is 1. The third-order valence-corrected chi connectivity index (χ3v) is 2.48. The minimum Gasteiger partial charge on any atom is -0.395 e. The molecule has 0 saturated carbocycles. The van der Waals surface area contributed by atoms with E-state index in [0.717, 1.165) is 12.1 Å². The van der Waals surface area contributed by atoms with Crippen LogP contribution in [0.4, 0.5) is 0 Å². The van der Waals surface area contributed by atoms with Gasteiger partial charge < -0.3 is 10.8 Å². The summed E-state index contributed by atoms with van der Waals surface area (Å²) in [6, 6.07) is -0.144. The molecule has 1 rings (SSSR count). The molecular weight excluding hydrogens is 196 g/mol. The van der Waals surface area contributed by atoms with Gasteiger partial charge in [0.05, 0.1) is 17.8 Å². The zero-order valence-electron chi connectivity index (χ0n) is 6.86. The van der Waals surface area contributed by atoms with E-state index < -0.39 is 0 Å². The maximum absolute atomic E-state index is 8.68. The van der Waals surface area contributed by atoms with Gasteiger partial charge in [0.25, 0.3) is 0 Å². The summed E-state index contributed by atoms with van der Waals surface area (Å²) in [5.74, 6) is 0. The maximum Gasteiger partial charge on any atom is 0.0797 e. The largest absolute Gasteiger partial charge is 0.395 e. The van der Waals surface area contributed by atoms with Gasteiger partial charge in [-0.25, -0.2) is 4.98 Å². The van der Waals surface area contributed by atoms with E-state index >= 15 is 0 Å². The number of nitrogens with two attached hydrogens (primary N) is 1. The van der Waals surface area contributed by atoms with Crippen LogP contribution in [0.25, 0.3) is 0 Å². The normalized spacial score (nSPS) is 12.2. The zero-order valence-corrected chi connectivity index (χ0v) is 8.49. The molecule has 0 aliphatic heterocycles. The molecule has 70 valence electrons. The molecule has 0 saturated heterocycles. The third-order valence-electron chi connectivity index (χ3n) is 1.53. The van der Waals surface area contributed by atoms with Crippen LogP contribution in [0.15, 0.2) is 5.51 Å². The fraction of sp³-hybridized carbons (Fsp3) is 0.571. The first kappa shape index (κ1) is 11.8. The van der Waals surface area contributed by atoms with Gasteiger partial charge in [-0.1, -0.05) is 0 Å². The molecule has 1 atom stereocenters. The highest BCUT2D eigenvalue weighted by atomic mass is 35.5. The number of aliphatic hydroxyl groups is 1. The Morgan fingerprint density at radius 1 is 1.75 bits per heavy atom. The predicted molar refractivity (Wildman–Crippen MR) is 52.9 cm³/mol. The zero-order chi connectivity index (χ0) is 8.27. The van der Waals surface area contributed by atoms with Crippen molar-refractivity contribution < 1.29 is 5.11 Å². The average Bonchev–Trinajstić information content (AvgIpc) is 2.37. The molecule has 12 heavy (non-hydrogen) atoms. The van der Waals surface area contributed by atoms with Gasteiger partial charge in [0, 0.05) is 17.3 Å². The number of halogens is 1. The summed E-state index contributed by atoms with van der Waals surface area (Å²) in [6.45, 7) is 1.99. The van der Waals surface area contributed by atoms with Crippen LogP contribution in [0.5, 0.6) is 0 Å². The lowest BCUT2D eigenvalue weighted by atomic mass is 10.2. The Hall–Kier alpha value is -0.160. The van der Waals surface area contributed by atoms with E-state index in [2.05, 4.69) is 4.98 Å². The van der Waals surface area contributed by atoms with Gasteiger partial charge >= 0.3 is 0 Å². The summed E-state index contributed by atoms with van der Waals surface area (Å²) in [4.78, 5) is 5.26. The van der Waals surface area contributed by atoms with Crippen LogP contribution >= 0.6 is 23.7 Å². The second kappa shape index (κ2) is 5.48. The molecule has 5 heteroatoms. The van der Waals surface area contributed by atoms with Crippen molar-refractivity contribution in [2.45, 2.75) is 19.4 Å². The molecule has 3 N–H and O–H groups in total. The molecule has 1 aromatic rings. The number of hydrogen-bond acceptors (Lipinski definition) is 4. The maximum atomic E-state index is 8.68. The van der Waals surface area contributed by atoms with Gasteiger partial charge in [-0.05, 0) is 6.92 Å². The smallest absolute Gasteiger partial charge is 0.0797 e. The van der Waals surface area contributed by atoms with Crippen molar-refractivity contribution >= 4 is 23.7 Å². The lowest BCUT2D eigenvalue weighted by Gasteiger charge is -2.05. The van der Waals surface area contributed by atoms with Gasteiger partial charge in [0.15, 0.2) is 0 Å². The van der Waals surface area contributed by atoms with Gasteiger partial charge in [0.2, 0.25) is 0 Å². The van der Waals surface area contributed by atoms with Crippen molar-refractivity contribution in [1.29, 1.82) is 0 Å². The molecule has 1 unspecified atom stereocenters. The predicted octanol–water partition coefficient (Wildman–Crippen LogP) is 0.735. The number of thiazole rings is 1. The molecular formula is C7H13ClN2OS. The van der Waals surface area contributed by atoms with Crippen molar-refractivity contribution in [1.82, 2.24) is 4.98 Å². The molecule has 0 bridgehead atoms. The van der Waals surface area contributed by atoms with Crippen LogP contribution in [0.2, 0.25) is 0 Å². The van der Waals surface area contributed by atoms with E-state index in [1.165, 1.54) is 4.88 Å². The average molecular weight is 209 g/mol. The Morgan fingerprint density at radius 2 is 2.42 bits per heavy atom. The van der Waals surface area contributed by atoms with Gasteiger partial charge in [-0.3, -0.25) is 0 Å². The molecule has 0 amide bonds. The van der Waals surface area contributed by atoms with E-state index in [-0.39, 0.29) is 25.1 Å². The van der Waals surface area contributed by atoms with Crippen molar-refractivity contribution in [3.8, 4) is 0 Å². The number of aromatic nitrogens is 1. The molecule has 0 aliphatic carbocycles. The second-order valence-electron chi connectivity index (χ2n) is 2.51. The topological polar surface area (TPSA) is 59.1 Å². The van der Waals surface area contributed by atoms with Crippen molar-refractivity contribution in [2.75, 3.05) is 6.61 Å². The molecule has 3 nitrogen and oxygen atoms in total. The van der Waals surface area contributed by atoms with Gasteiger partial charge in [-0.15, -0.1) is 23.7 Å². The summed E-state index contributed by atoms with van der Waals surface area (Å²) >= 11 is 1.59. The van der Waals surface area contributed by atoms with E-state index in [1.807, 2.05) is 6.92 Å². The van der Waals surface area contributed by atoms with Crippen LogP contribution < -0.4 is 5.73 Å². The molecule has 0 fully saturated rings. The fourth-order valence-electron chi connectivity index (χ4n) is 0.825. The molecule has 0 radical (unpaired) electrons. The molecule has 1 heterocycles. The monoisotopic (exact) mass is 208 g/mol. The third kappa shape index (κ3) is 3.06. The van der Waals surface area contributed by atoms with Gasteiger partial charge in [0.1, 0.15) is 0 Å². The number of hydrogen-bond donors (Lipinski definition) is 2. The molecule has 0 aromatic carbocycles. The summed E-state index contributed by atoms with van der Waals surface area (Å²) < 4.78 is 0. The first-order valence-corrected chi connectivity index (χ1v) is 4.37. The van der Waals surface area contributed by atoms with Crippen LogP contribution in [-0.4, -0.2) is 22.7 Å². The number of aliphatic hydroxyl groups excluding tert-OH is 1. The van der Waals surface area contributed by atoms with Crippen molar-refractivity contribution in [3.05, 3.63) is 16.1 Å². The highest BCUT2D eigenvalue weighted by Gasteiger charge is 2.06. The van der Waals surface area contributed by atoms with Gasteiger partial charge in [-0.2, -0.15) is 0 Å². The first-order valence-electron chi connectivity index (χ1n) is 3.49. The lowest BCUT2D eigenvalue weighted by molar-refractivity contribution is 0.265. The Kier molecular flexibility index (Phi) is 5.41.